The number of sulfonamides is 1. The summed E-state index contributed by atoms with van der Waals surface area (Å²) in [5.41, 5.74) is 1.49. The second kappa shape index (κ2) is 6.22. The first kappa shape index (κ1) is 15.8. The molecule has 0 aromatic heterocycles. The summed E-state index contributed by atoms with van der Waals surface area (Å²) in [5.74, 6) is -0.169. The first-order chi connectivity index (χ1) is 11.0. The van der Waals surface area contributed by atoms with Gasteiger partial charge in [-0.1, -0.05) is 23.7 Å². The van der Waals surface area contributed by atoms with E-state index in [2.05, 4.69) is 5.32 Å². The molecule has 0 radical (unpaired) electrons. The Morgan fingerprint density at radius 2 is 1.91 bits per heavy atom. The van der Waals surface area contributed by atoms with Crippen molar-refractivity contribution < 1.29 is 13.2 Å². The summed E-state index contributed by atoms with van der Waals surface area (Å²) >= 11 is 5.89. The van der Waals surface area contributed by atoms with Crippen molar-refractivity contribution in [2.45, 2.75) is 6.42 Å². The number of nitrogens with zero attached hydrogens (tertiary/aromatic N) is 1. The van der Waals surface area contributed by atoms with E-state index in [0.29, 0.717) is 34.9 Å². The number of rotatable bonds is 3. The molecule has 3 rings (SSSR count). The summed E-state index contributed by atoms with van der Waals surface area (Å²) < 4.78 is 25.3. The van der Waals surface area contributed by atoms with Gasteiger partial charge in [-0.15, -0.1) is 0 Å². The molecule has 1 heterocycles. The largest absolute Gasteiger partial charge is 0.322 e. The SMILES string of the molecule is O=C(Nc1cccc(Cl)c1)c1cccc(N2CCCS2(=O)=O)c1. The van der Waals surface area contributed by atoms with E-state index < -0.39 is 10.0 Å². The highest BCUT2D eigenvalue weighted by atomic mass is 35.5. The molecule has 1 saturated heterocycles. The average Bonchev–Trinajstić information content (AvgIpc) is 2.87. The minimum atomic E-state index is -3.26. The third-order valence-electron chi connectivity index (χ3n) is 3.58. The van der Waals surface area contributed by atoms with Crippen LogP contribution in [0.25, 0.3) is 0 Å². The van der Waals surface area contributed by atoms with Crippen LogP contribution in [-0.2, 0) is 10.0 Å². The zero-order valence-corrected chi connectivity index (χ0v) is 13.8. The Labute approximate surface area is 139 Å². The molecule has 5 nitrogen and oxygen atoms in total. The maximum atomic E-state index is 12.3. The molecule has 120 valence electrons. The van der Waals surface area contributed by atoms with Gasteiger partial charge in [0, 0.05) is 22.8 Å². The van der Waals surface area contributed by atoms with Crippen molar-refractivity contribution in [1.29, 1.82) is 0 Å². The van der Waals surface area contributed by atoms with E-state index in [1.807, 2.05) is 0 Å². The van der Waals surface area contributed by atoms with Crippen LogP contribution in [0.15, 0.2) is 48.5 Å². The van der Waals surface area contributed by atoms with Gasteiger partial charge in [-0.3, -0.25) is 9.10 Å². The Balaban J connectivity index is 1.83. The molecule has 7 heteroatoms. The summed E-state index contributed by atoms with van der Waals surface area (Å²) in [4.78, 5) is 12.3. The zero-order valence-electron chi connectivity index (χ0n) is 12.2. The van der Waals surface area contributed by atoms with Crippen molar-refractivity contribution in [3.05, 3.63) is 59.1 Å². The molecule has 1 aliphatic rings. The van der Waals surface area contributed by atoms with E-state index in [0.717, 1.165) is 0 Å². The minimum Gasteiger partial charge on any atom is -0.322 e. The molecule has 0 saturated carbocycles. The summed E-state index contributed by atoms with van der Waals surface area (Å²) in [6, 6.07) is 13.4. The van der Waals surface area contributed by atoms with E-state index >= 15 is 0 Å². The van der Waals surface area contributed by atoms with Gasteiger partial charge in [-0.05, 0) is 42.8 Å². The smallest absolute Gasteiger partial charge is 0.255 e. The molecule has 1 aliphatic heterocycles. The Morgan fingerprint density at radius 1 is 1.13 bits per heavy atom. The second-order valence-electron chi connectivity index (χ2n) is 5.26. The van der Waals surface area contributed by atoms with Crippen LogP contribution in [0, 0.1) is 0 Å². The van der Waals surface area contributed by atoms with Gasteiger partial charge in [0.15, 0.2) is 0 Å². The van der Waals surface area contributed by atoms with E-state index in [-0.39, 0.29) is 11.7 Å². The highest BCUT2D eigenvalue weighted by molar-refractivity contribution is 7.93. The molecular weight excluding hydrogens is 336 g/mol. The van der Waals surface area contributed by atoms with Crippen molar-refractivity contribution in [2.24, 2.45) is 0 Å². The van der Waals surface area contributed by atoms with Crippen LogP contribution < -0.4 is 9.62 Å². The molecule has 2 aromatic rings. The van der Waals surface area contributed by atoms with E-state index in [1.165, 1.54) is 4.31 Å². The normalized spacial score (nSPS) is 16.3. The lowest BCUT2D eigenvalue weighted by molar-refractivity contribution is 0.102. The maximum absolute atomic E-state index is 12.3. The standard InChI is InChI=1S/C16H15ClN2O3S/c17-13-5-2-6-14(11-13)18-16(20)12-4-1-7-15(10-12)19-8-3-9-23(19,21)22/h1-2,4-7,10-11H,3,8-9H2,(H,18,20). The van der Waals surface area contributed by atoms with Gasteiger partial charge in [0.1, 0.15) is 0 Å². The Hall–Kier alpha value is -2.05. The Bertz CT molecular complexity index is 852. The van der Waals surface area contributed by atoms with E-state index in [9.17, 15) is 13.2 Å². The second-order valence-corrected chi connectivity index (χ2v) is 7.71. The molecule has 0 bridgehead atoms. The predicted molar refractivity (Wildman–Crippen MR) is 91.6 cm³/mol. The number of hydrogen-bond donors (Lipinski definition) is 1. The first-order valence-electron chi connectivity index (χ1n) is 7.13. The summed E-state index contributed by atoms with van der Waals surface area (Å²) in [7, 11) is -3.26. The van der Waals surface area contributed by atoms with Crippen molar-refractivity contribution >= 4 is 38.9 Å². The van der Waals surface area contributed by atoms with Gasteiger partial charge in [0.2, 0.25) is 10.0 Å². The van der Waals surface area contributed by atoms with Crippen molar-refractivity contribution in [2.75, 3.05) is 21.9 Å². The molecule has 2 aromatic carbocycles. The molecule has 1 amide bonds. The topological polar surface area (TPSA) is 66.5 Å². The maximum Gasteiger partial charge on any atom is 0.255 e. The quantitative estimate of drug-likeness (QED) is 0.924. The minimum absolute atomic E-state index is 0.145. The van der Waals surface area contributed by atoms with E-state index in [4.69, 9.17) is 11.6 Å². The fourth-order valence-corrected chi connectivity index (χ4v) is 4.25. The monoisotopic (exact) mass is 350 g/mol. The number of anilines is 2. The number of amides is 1. The molecule has 0 unspecified atom stereocenters. The van der Waals surface area contributed by atoms with Crippen molar-refractivity contribution in [1.82, 2.24) is 0 Å². The van der Waals surface area contributed by atoms with Crippen molar-refractivity contribution in [3.63, 3.8) is 0 Å². The van der Waals surface area contributed by atoms with Gasteiger partial charge >= 0.3 is 0 Å². The predicted octanol–water partition coefficient (Wildman–Crippen LogP) is 3.13. The van der Waals surface area contributed by atoms with Crippen LogP contribution in [-0.4, -0.2) is 26.6 Å². The van der Waals surface area contributed by atoms with Gasteiger partial charge in [0.25, 0.3) is 5.91 Å². The molecule has 23 heavy (non-hydrogen) atoms. The highest BCUT2D eigenvalue weighted by Gasteiger charge is 2.28. The Kier molecular flexibility index (Phi) is 4.28. The molecule has 0 spiro atoms. The fourth-order valence-electron chi connectivity index (χ4n) is 2.50. The first-order valence-corrected chi connectivity index (χ1v) is 9.12. The summed E-state index contributed by atoms with van der Waals surface area (Å²) in [6.45, 7) is 0.446. The number of carbonyl (C=O) groups is 1. The molecule has 1 fully saturated rings. The van der Waals surface area contributed by atoms with Gasteiger partial charge in [-0.25, -0.2) is 8.42 Å². The van der Waals surface area contributed by atoms with E-state index in [1.54, 1.807) is 48.5 Å². The summed E-state index contributed by atoms with van der Waals surface area (Å²) in [5, 5.41) is 3.27. The molecular formula is C16H15ClN2O3S. The van der Waals surface area contributed by atoms with Crippen LogP contribution >= 0.6 is 11.6 Å². The van der Waals surface area contributed by atoms with Crippen LogP contribution in [0.5, 0.6) is 0 Å². The third kappa shape index (κ3) is 3.48. The van der Waals surface area contributed by atoms with Crippen LogP contribution in [0.2, 0.25) is 5.02 Å². The Morgan fingerprint density at radius 3 is 2.61 bits per heavy atom. The number of carbonyl (C=O) groups excluding carboxylic acids is 1. The average molecular weight is 351 g/mol. The molecule has 0 aliphatic carbocycles. The van der Waals surface area contributed by atoms with Gasteiger partial charge in [-0.2, -0.15) is 0 Å². The lowest BCUT2D eigenvalue weighted by atomic mass is 10.2. The van der Waals surface area contributed by atoms with Crippen LogP contribution in [0.3, 0.4) is 0 Å². The number of benzene rings is 2. The lowest BCUT2D eigenvalue weighted by Gasteiger charge is -2.17. The molecule has 1 N–H and O–H groups in total. The molecule has 0 atom stereocenters. The summed E-state index contributed by atoms with van der Waals surface area (Å²) in [6.07, 6.45) is 0.598. The lowest BCUT2D eigenvalue weighted by Crippen LogP contribution is -2.25. The number of hydrogen-bond acceptors (Lipinski definition) is 3. The number of nitrogens with one attached hydrogen (secondary N) is 1. The van der Waals surface area contributed by atoms with Crippen LogP contribution in [0.1, 0.15) is 16.8 Å². The van der Waals surface area contributed by atoms with Gasteiger partial charge < -0.3 is 5.32 Å². The van der Waals surface area contributed by atoms with Gasteiger partial charge in [0.05, 0.1) is 11.4 Å². The van der Waals surface area contributed by atoms with Crippen LogP contribution in [0.4, 0.5) is 11.4 Å². The van der Waals surface area contributed by atoms with Crippen molar-refractivity contribution in [3.8, 4) is 0 Å². The highest BCUT2D eigenvalue weighted by Crippen LogP contribution is 2.25. The third-order valence-corrected chi connectivity index (χ3v) is 5.68. The zero-order chi connectivity index (χ0) is 16.4. The number of halogens is 1. The fraction of sp³-hybridized carbons (Fsp3) is 0.188.